The van der Waals surface area contributed by atoms with E-state index in [9.17, 15) is 19.5 Å². The highest BCUT2D eigenvalue weighted by Crippen LogP contribution is 2.44. The quantitative estimate of drug-likeness (QED) is 0.208. The summed E-state index contributed by atoms with van der Waals surface area (Å²) in [7, 11) is 3.04. The fraction of sp³-hybridized carbons (Fsp3) is 0.259. The Morgan fingerprint density at radius 1 is 1.11 bits per heavy atom. The first kappa shape index (κ1) is 25.9. The maximum absolute atomic E-state index is 13.4. The van der Waals surface area contributed by atoms with Crippen LogP contribution in [0.5, 0.6) is 11.5 Å². The fourth-order valence-corrected chi connectivity index (χ4v) is 5.20. The minimum atomic E-state index is -1.02. The van der Waals surface area contributed by atoms with Crippen molar-refractivity contribution in [1.82, 2.24) is 4.98 Å². The van der Waals surface area contributed by atoms with E-state index in [0.717, 1.165) is 16.9 Å². The molecule has 1 N–H and O–H groups in total. The van der Waals surface area contributed by atoms with E-state index >= 15 is 0 Å². The van der Waals surface area contributed by atoms with Crippen molar-refractivity contribution < 1.29 is 33.7 Å². The first-order chi connectivity index (χ1) is 17.7. The Bertz CT molecular complexity index is 1430. The van der Waals surface area contributed by atoms with Crippen LogP contribution in [-0.2, 0) is 14.3 Å². The Morgan fingerprint density at radius 2 is 1.86 bits per heavy atom. The number of hydrogen-bond donors (Lipinski definition) is 1. The highest BCUT2D eigenvalue weighted by molar-refractivity contribution is 7.17. The molecule has 0 unspecified atom stereocenters. The van der Waals surface area contributed by atoms with Crippen molar-refractivity contribution >= 4 is 39.9 Å². The fourth-order valence-electron chi connectivity index (χ4n) is 4.21. The second-order valence-electron chi connectivity index (χ2n) is 8.26. The van der Waals surface area contributed by atoms with Gasteiger partial charge < -0.3 is 19.3 Å². The second-order valence-corrected chi connectivity index (χ2v) is 9.24. The van der Waals surface area contributed by atoms with Gasteiger partial charge in [-0.2, -0.15) is 0 Å². The van der Waals surface area contributed by atoms with E-state index in [4.69, 9.17) is 14.2 Å². The van der Waals surface area contributed by atoms with Gasteiger partial charge in [0.25, 0.3) is 5.78 Å². The van der Waals surface area contributed by atoms with Gasteiger partial charge in [0.15, 0.2) is 5.13 Å². The van der Waals surface area contributed by atoms with Gasteiger partial charge in [0, 0.05) is 5.56 Å². The molecule has 0 aliphatic carbocycles. The standard InChI is InChI=1S/C27H26N2O7S/c1-6-36-26(33)24-15(3)28-27(37-24)29-21(16-8-7-9-18(13-16)34-4)20(23(31)25(29)32)22(30)17-10-11-19(35-5)14(2)12-17/h7-13,21,30H,6H2,1-5H3/t21-/m1/s1. The zero-order valence-corrected chi connectivity index (χ0v) is 21.8. The number of aromatic nitrogens is 1. The number of ketones is 1. The average Bonchev–Trinajstić information content (AvgIpc) is 3.40. The summed E-state index contributed by atoms with van der Waals surface area (Å²) in [5, 5.41) is 11.5. The third kappa shape index (κ3) is 4.67. The number of aliphatic hydroxyl groups excluding tert-OH is 1. The summed E-state index contributed by atoms with van der Waals surface area (Å²) in [6.45, 7) is 5.31. The molecule has 2 heterocycles. The molecule has 192 valence electrons. The number of methoxy groups -OCH3 is 2. The molecule has 1 saturated heterocycles. The van der Waals surface area contributed by atoms with E-state index in [-0.39, 0.29) is 27.9 Å². The van der Waals surface area contributed by atoms with Crippen LogP contribution in [0.4, 0.5) is 5.13 Å². The Kier molecular flexibility index (Phi) is 7.30. The summed E-state index contributed by atoms with van der Waals surface area (Å²) in [6.07, 6.45) is 0. The third-order valence-corrected chi connectivity index (χ3v) is 7.11. The minimum absolute atomic E-state index is 0.103. The summed E-state index contributed by atoms with van der Waals surface area (Å²) >= 11 is 0.951. The first-order valence-corrected chi connectivity index (χ1v) is 12.3. The van der Waals surface area contributed by atoms with Crippen molar-refractivity contribution in [2.24, 2.45) is 0 Å². The second kappa shape index (κ2) is 10.4. The molecule has 1 aliphatic heterocycles. The van der Waals surface area contributed by atoms with Gasteiger partial charge in [-0.05, 0) is 62.2 Å². The highest BCUT2D eigenvalue weighted by Gasteiger charge is 2.48. The number of aryl methyl sites for hydroxylation is 2. The normalized spacial score (nSPS) is 16.7. The first-order valence-electron chi connectivity index (χ1n) is 11.5. The number of amides is 1. The Labute approximate surface area is 217 Å². The average molecular weight is 523 g/mol. The number of esters is 1. The van der Waals surface area contributed by atoms with Crippen molar-refractivity contribution in [3.8, 4) is 11.5 Å². The van der Waals surface area contributed by atoms with Gasteiger partial charge in [-0.15, -0.1) is 0 Å². The number of rotatable bonds is 7. The zero-order valence-electron chi connectivity index (χ0n) is 21.0. The number of hydrogen-bond acceptors (Lipinski definition) is 9. The molecular formula is C27H26N2O7S. The third-order valence-electron chi connectivity index (χ3n) is 5.97. The molecule has 0 bridgehead atoms. The van der Waals surface area contributed by atoms with Gasteiger partial charge in [-0.3, -0.25) is 14.5 Å². The summed E-state index contributed by atoms with van der Waals surface area (Å²) in [5.74, 6) is -1.52. The van der Waals surface area contributed by atoms with Crippen molar-refractivity contribution in [3.05, 3.63) is 75.3 Å². The molecule has 0 spiro atoms. The van der Waals surface area contributed by atoms with Gasteiger partial charge in [-0.1, -0.05) is 23.5 Å². The van der Waals surface area contributed by atoms with Crippen molar-refractivity contribution in [2.45, 2.75) is 26.8 Å². The van der Waals surface area contributed by atoms with Crippen LogP contribution in [-0.4, -0.2) is 48.6 Å². The number of aliphatic hydroxyl groups is 1. The van der Waals surface area contributed by atoms with E-state index in [1.165, 1.54) is 19.1 Å². The highest BCUT2D eigenvalue weighted by atomic mass is 32.1. The number of carbonyl (C=O) groups excluding carboxylic acids is 3. The molecule has 0 saturated carbocycles. The molecule has 3 aromatic rings. The smallest absolute Gasteiger partial charge is 0.350 e. The van der Waals surface area contributed by atoms with Crippen LogP contribution in [0.3, 0.4) is 0 Å². The Balaban J connectivity index is 1.93. The molecule has 0 radical (unpaired) electrons. The van der Waals surface area contributed by atoms with Crippen LogP contribution in [0.15, 0.2) is 48.0 Å². The molecule has 1 aromatic heterocycles. The van der Waals surface area contributed by atoms with Crippen molar-refractivity contribution in [3.63, 3.8) is 0 Å². The SMILES string of the molecule is CCOC(=O)c1sc(N2C(=O)C(=O)C(=C(O)c3ccc(OC)c(C)c3)[C@H]2c2cccc(OC)c2)nc1C. The van der Waals surface area contributed by atoms with E-state index in [1.54, 1.807) is 56.3 Å². The molecule has 2 aromatic carbocycles. The molecular weight excluding hydrogens is 496 g/mol. The monoisotopic (exact) mass is 522 g/mol. The van der Waals surface area contributed by atoms with E-state index < -0.39 is 23.7 Å². The lowest BCUT2D eigenvalue weighted by molar-refractivity contribution is -0.132. The molecule has 1 amide bonds. The number of ether oxygens (including phenoxy) is 3. The number of Topliss-reactive ketones (excluding diaryl/α,β-unsaturated/α-hetero) is 1. The molecule has 1 atom stereocenters. The number of carbonyl (C=O) groups is 3. The molecule has 1 aliphatic rings. The zero-order chi connectivity index (χ0) is 26.9. The topological polar surface area (TPSA) is 115 Å². The van der Waals surface area contributed by atoms with Gasteiger partial charge >= 0.3 is 11.9 Å². The van der Waals surface area contributed by atoms with Crippen LogP contribution < -0.4 is 14.4 Å². The van der Waals surface area contributed by atoms with Crippen LogP contribution >= 0.6 is 11.3 Å². The van der Waals surface area contributed by atoms with Crippen molar-refractivity contribution in [2.75, 3.05) is 25.7 Å². The van der Waals surface area contributed by atoms with Gasteiger partial charge in [0.2, 0.25) is 0 Å². The molecule has 10 heteroatoms. The molecule has 1 fully saturated rings. The largest absolute Gasteiger partial charge is 0.507 e. The summed E-state index contributed by atoms with van der Waals surface area (Å²) in [5.41, 5.74) is 1.89. The van der Waals surface area contributed by atoms with E-state index in [1.807, 2.05) is 6.92 Å². The minimum Gasteiger partial charge on any atom is -0.507 e. The molecule has 37 heavy (non-hydrogen) atoms. The molecule has 4 rings (SSSR count). The number of thiazole rings is 1. The maximum atomic E-state index is 13.4. The number of nitrogens with zero attached hydrogens (tertiary/aromatic N) is 2. The molecule has 9 nitrogen and oxygen atoms in total. The van der Waals surface area contributed by atoms with Crippen molar-refractivity contribution in [1.29, 1.82) is 0 Å². The van der Waals surface area contributed by atoms with Crippen LogP contribution in [0.2, 0.25) is 0 Å². The Morgan fingerprint density at radius 3 is 2.51 bits per heavy atom. The van der Waals surface area contributed by atoms with Crippen LogP contribution in [0.1, 0.15) is 45.0 Å². The van der Waals surface area contributed by atoms with Crippen LogP contribution in [0, 0.1) is 13.8 Å². The number of benzene rings is 2. The summed E-state index contributed by atoms with van der Waals surface area (Å²) < 4.78 is 15.8. The van der Waals surface area contributed by atoms with Gasteiger partial charge in [-0.25, -0.2) is 9.78 Å². The predicted molar refractivity (Wildman–Crippen MR) is 138 cm³/mol. The van der Waals surface area contributed by atoms with Gasteiger partial charge in [0.05, 0.1) is 38.1 Å². The maximum Gasteiger partial charge on any atom is 0.350 e. The summed E-state index contributed by atoms with van der Waals surface area (Å²) in [4.78, 5) is 45.1. The summed E-state index contributed by atoms with van der Waals surface area (Å²) in [6, 6.07) is 10.8. The number of anilines is 1. The predicted octanol–water partition coefficient (Wildman–Crippen LogP) is 4.58. The lowest BCUT2D eigenvalue weighted by atomic mass is 9.94. The lowest BCUT2D eigenvalue weighted by Gasteiger charge is -2.23. The van der Waals surface area contributed by atoms with E-state index in [0.29, 0.717) is 28.3 Å². The van der Waals surface area contributed by atoms with E-state index in [2.05, 4.69) is 4.98 Å². The Hall–Kier alpha value is -4.18. The van der Waals surface area contributed by atoms with Gasteiger partial charge in [0.1, 0.15) is 22.1 Å². The lowest BCUT2D eigenvalue weighted by Crippen LogP contribution is -2.29. The van der Waals surface area contributed by atoms with Crippen LogP contribution in [0.25, 0.3) is 5.76 Å².